The minimum Gasteiger partial charge on any atom is -0.370 e. The summed E-state index contributed by atoms with van der Waals surface area (Å²) in [4.78, 5) is 6.84. The molecule has 100 valence electrons. The van der Waals surface area contributed by atoms with Gasteiger partial charge in [0, 0.05) is 6.54 Å². The molecule has 0 bridgehead atoms. The molecule has 1 atom stereocenters. The quantitative estimate of drug-likeness (QED) is 0.898. The van der Waals surface area contributed by atoms with Gasteiger partial charge in [0.05, 0.1) is 12.6 Å². The molecular formula is C16H21N3. The molecule has 0 spiro atoms. The second kappa shape index (κ2) is 4.26. The normalized spacial score (nSPS) is 26.6. The summed E-state index contributed by atoms with van der Waals surface area (Å²) in [6.07, 6.45) is 5.42. The van der Waals surface area contributed by atoms with Gasteiger partial charge in [-0.1, -0.05) is 24.3 Å². The number of hydrogen-bond donors (Lipinski definition) is 1. The van der Waals surface area contributed by atoms with Crippen molar-refractivity contribution in [1.29, 1.82) is 0 Å². The van der Waals surface area contributed by atoms with Gasteiger partial charge in [-0.15, -0.1) is 0 Å². The fourth-order valence-corrected chi connectivity index (χ4v) is 3.18. The Balaban J connectivity index is 1.63. The molecule has 1 aromatic rings. The van der Waals surface area contributed by atoms with Crippen LogP contribution in [0.5, 0.6) is 0 Å². The Morgan fingerprint density at radius 3 is 2.53 bits per heavy atom. The van der Waals surface area contributed by atoms with E-state index in [0.717, 1.165) is 30.9 Å². The van der Waals surface area contributed by atoms with Gasteiger partial charge in [-0.25, -0.2) is 0 Å². The fourth-order valence-electron chi connectivity index (χ4n) is 3.18. The van der Waals surface area contributed by atoms with Crippen LogP contribution in [0, 0.1) is 5.92 Å². The molecule has 1 heterocycles. The number of aliphatic imine (C=N–C) groups is 1. The first-order valence-corrected chi connectivity index (χ1v) is 7.48. The smallest absolute Gasteiger partial charge is 0.191 e. The second-order valence-corrected chi connectivity index (χ2v) is 6.21. The molecule has 0 saturated heterocycles. The van der Waals surface area contributed by atoms with Crippen LogP contribution >= 0.6 is 0 Å². The van der Waals surface area contributed by atoms with Crippen molar-refractivity contribution in [1.82, 2.24) is 4.90 Å². The Hall–Kier alpha value is -1.51. The van der Waals surface area contributed by atoms with Gasteiger partial charge in [0.15, 0.2) is 5.96 Å². The van der Waals surface area contributed by atoms with Crippen molar-refractivity contribution in [2.24, 2.45) is 16.6 Å². The van der Waals surface area contributed by atoms with E-state index in [0.29, 0.717) is 6.04 Å². The van der Waals surface area contributed by atoms with Gasteiger partial charge >= 0.3 is 0 Å². The molecule has 1 aromatic carbocycles. The minimum absolute atomic E-state index is 0.386. The first-order valence-electron chi connectivity index (χ1n) is 7.48. The van der Waals surface area contributed by atoms with Crippen molar-refractivity contribution in [2.45, 2.75) is 37.6 Å². The van der Waals surface area contributed by atoms with Crippen LogP contribution in [0.4, 0.5) is 0 Å². The summed E-state index contributed by atoms with van der Waals surface area (Å²) >= 11 is 0. The highest BCUT2D eigenvalue weighted by Gasteiger charge is 2.36. The Morgan fingerprint density at radius 1 is 1.11 bits per heavy atom. The monoisotopic (exact) mass is 255 g/mol. The van der Waals surface area contributed by atoms with Crippen LogP contribution in [0.2, 0.25) is 0 Å². The van der Waals surface area contributed by atoms with E-state index in [2.05, 4.69) is 34.2 Å². The Labute approximate surface area is 114 Å². The minimum atomic E-state index is 0.386. The molecular weight excluding hydrogens is 234 g/mol. The maximum atomic E-state index is 6.10. The lowest BCUT2D eigenvalue weighted by molar-refractivity contribution is 0.332. The standard InChI is InChI=1S/C16H21N3/c17-16-18-9-15(19(16)10-11-5-6-11)14-4-2-1-3-13(14)12-7-8-12/h1-4,11-12,15H,5-10H2,(H2,17,18). The van der Waals surface area contributed by atoms with E-state index in [4.69, 9.17) is 5.73 Å². The van der Waals surface area contributed by atoms with Crippen molar-refractivity contribution < 1.29 is 0 Å². The molecule has 3 nitrogen and oxygen atoms in total. The van der Waals surface area contributed by atoms with Crippen LogP contribution in [-0.4, -0.2) is 23.9 Å². The molecule has 4 rings (SSSR count). The zero-order valence-electron chi connectivity index (χ0n) is 11.3. The third-order valence-electron chi connectivity index (χ3n) is 4.62. The van der Waals surface area contributed by atoms with E-state index in [9.17, 15) is 0 Å². The molecule has 0 amide bonds. The number of benzene rings is 1. The molecule has 3 aliphatic rings. The van der Waals surface area contributed by atoms with Crippen LogP contribution in [0.1, 0.15) is 48.8 Å². The predicted molar refractivity (Wildman–Crippen MR) is 77.1 cm³/mol. The molecule has 2 fully saturated rings. The summed E-state index contributed by atoms with van der Waals surface area (Å²) in [5.74, 6) is 2.39. The SMILES string of the molecule is NC1=NCC(c2ccccc2C2CC2)N1CC1CC1. The lowest BCUT2D eigenvalue weighted by atomic mass is 9.96. The lowest BCUT2D eigenvalue weighted by Gasteiger charge is -2.28. The largest absolute Gasteiger partial charge is 0.370 e. The molecule has 2 aliphatic carbocycles. The third kappa shape index (κ3) is 2.11. The molecule has 0 aromatic heterocycles. The first kappa shape index (κ1) is 11.3. The molecule has 3 heteroatoms. The Kier molecular flexibility index (Phi) is 2.54. The van der Waals surface area contributed by atoms with Crippen LogP contribution < -0.4 is 5.73 Å². The van der Waals surface area contributed by atoms with Crippen molar-refractivity contribution >= 4 is 5.96 Å². The lowest BCUT2D eigenvalue weighted by Crippen LogP contribution is -2.37. The average Bonchev–Trinajstić information content (AvgIpc) is 3.32. The number of rotatable bonds is 4. The summed E-state index contributed by atoms with van der Waals surface area (Å²) in [5, 5.41) is 0. The summed E-state index contributed by atoms with van der Waals surface area (Å²) in [6, 6.07) is 9.30. The summed E-state index contributed by atoms with van der Waals surface area (Å²) in [6.45, 7) is 1.93. The first-order chi connectivity index (χ1) is 9.33. The Bertz CT molecular complexity index is 514. The number of guanidine groups is 1. The average molecular weight is 255 g/mol. The highest BCUT2D eigenvalue weighted by atomic mass is 15.3. The number of nitrogens with two attached hydrogens (primary N) is 1. The van der Waals surface area contributed by atoms with Gasteiger partial charge in [0.1, 0.15) is 0 Å². The number of nitrogens with zero attached hydrogens (tertiary/aromatic N) is 2. The van der Waals surface area contributed by atoms with Crippen molar-refractivity contribution in [2.75, 3.05) is 13.1 Å². The third-order valence-corrected chi connectivity index (χ3v) is 4.62. The summed E-state index contributed by atoms with van der Waals surface area (Å²) < 4.78 is 0. The Morgan fingerprint density at radius 2 is 1.84 bits per heavy atom. The molecule has 19 heavy (non-hydrogen) atoms. The topological polar surface area (TPSA) is 41.6 Å². The summed E-state index contributed by atoms with van der Waals surface area (Å²) in [5.41, 5.74) is 9.11. The van der Waals surface area contributed by atoms with Gasteiger partial charge in [0.25, 0.3) is 0 Å². The van der Waals surface area contributed by atoms with Crippen molar-refractivity contribution in [3.05, 3.63) is 35.4 Å². The predicted octanol–water partition coefficient (Wildman–Crippen LogP) is 2.65. The van der Waals surface area contributed by atoms with E-state index in [1.807, 2.05) is 0 Å². The molecule has 1 aliphatic heterocycles. The van der Waals surface area contributed by atoms with E-state index in [1.165, 1.54) is 36.8 Å². The highest BCUT2D eigenvalue weighted by Crippen LogP contribution is 2.44. The van der Waals surface area contributed by atoms with E-state index >= 15 is 0 Å². The molecule has 1 unspecified atom stereocenters. The van der Waals surface area contributed by atoms with Gasteiger partial charge in [-0.05, 0) is 48.6 Å². The van der Waals surface area contributed by atoms with Gasteiger partial charge in [-0.3, -0.25) is 4.99 Å². The zero-order chi connectivity index (χ0) is 12.8. The van der Waals surface area contributed by atoms with Gasteiger partial charge in [0.2, 0.25) is 0 Å². The van der Waals surface area contributed by atoms with Gasteiger partial charge < -0.3 is 10.6 Å². The van der Waals surface area contributed by atoms with E-state index in [1.54, 1.807) is 0 Å². The number of hydrogen-bond acceptors (Lipinski definition) is 3. The van der Waals surface area contributed by atoms with Crippen molar-refractivity contribution in [3.63, 3.8) is 0 Å². The van der Waals surface area contributed by atoms with Crippen LogP contribution in [0.25, 0.3) is 0 Å². The maximum Gasteiger partial charge on any atom is 0.191 e. The van der Waals surface area contributed by atoms with Crippen LogP contribution in [0.3, 0.4) is 0 Å². The molecule has 0 radical (unpaired) electrons. The van der Waals surface area contributed by atoms with E-state index in [-0.39, 0.29) is 0 Å². The van der Waals surface area contributed by atoms with Crippen molar-refractivity contribution in [3.8, 4) is 0 Å². The highest BCUT2D eigenvalue weighted by molar-refractivity contribution is 5.80. The van der Waals surface area contributed by atoms with Crippen LogP contribution in [-0.2, 0) is 0 Å². The van der Waals surface area contributed by atoms with Gasteiger partial charge in [-0.2, -0.15) is 0 Å². The van der Waals surface area contributed by atoms with E-state index < -0.39 is 0 Å². The summed E-state index contributed by atoms with van der Waals surface area (Å²) in [7, 11) is 0. The van der Waals surface area contributed by atoms with Crippen LogP contribution in [0.15, 0.2) is 29.3 Å². The molecule has 2 saturated carbocycles. The maximum absolute atomic E-state index is 6.10. The fraction of sp³-hybridized carbons (Fsp3) is 0.562. The molecule has 2 N–H and O–H groups in total. The zero-order valence-corrected chi connectivity index (χ0v) is 11.3. The second-order valence-electron chi connectivity index (χ2n) is 6.21.